The van der Waals surface area contributed by atoms with Crippen LogP contribution < -0.4 is 11.1 Å². The van der Waals surface area contributed by atoms with E-state index in [9.17, 15) is 14.4 Å². The lowest BCUT2D eigenvalue weighted by Crippen LogP contribution is -2.10. The molecule has 6 heteroatoms. The smallest absolute Gasteiger partial charge is 0.335 e. The Morgan fingerprint density at radius 2 is 1.67 bits per heavy atom. The van der Waals surface area contributed by atoms with Crippen molar-refractivity contribution in [2.75, 3.05) is 5.32 Å². The number of carboxylic acids is 1. The van der Waals surface area contributed by atoms with Gasteiger partial charge in [-0.25, -0.2) is 4.79 Å². The highest BCUT2D eigenvalue weighted by Crippen LogP contribution is 2.25. The molecule has 0 aliphatic heterocycles. The third-order valence-electron chi connectivity index (χ3n) is 2.91. The lowest BCUT2D eigenvalue weighted by Gasteiger charge is -2.08. The summed E-state index contributed by atoms with van der Waals surface area (Å²) in [6, 6.07) is 10.9. The normalized spacial score (nSPS) is 9.90. The molecular formula is C15H12N2O4. The monoisotopic (exact) mass is 284 g/mol. The van der Waals surface area contributed by atoms with Crippen LogP contribution in [0.3, 0.4) is 0 Å². The van der Waals surface area contributed by atoms with E-state index in [0.29, 0.717) is 28.8 Å². The Bertz CT molecular complexity index is 708. The van der Waals surface area contributed by atoms with Crippen molar-refractivity contribution >= 4 is 24.0 Å². The predicted molar refractivity (Wildman–Crippen MR) is 77.0 cm³/mol. The van der Waals surface area contributed by atoms with Gasteiger partial charge in [0.2, 0.25) is 12.3 Å². The summed E-state index contributed by atoms with van der Waals surface area (Å²) in [5.41, 5.74) is 7.26. The van der Waals surface area contributed by atoms with Gasteiger partial charge < -0.3 is 16.2 Å². The van der Waals surface area contributed by atoms with Crippen molar-refractivity contribution in [3.8, 4) is 11.1 Å². The van der Waals surface area contributed by atoms with Crippen molar-refractivity contribution in [2.24, 2.45) is 5.73 Å². The minimum Gasteiger partial charge on any atom is -0.478 e. The molecule has 0 fully saturated rings. The number of anilines is 1. The van der Waals surface area contributed by atoms with E-state index in [1.807, 2.05) is 0 Å². The molecule has 106 valence electrons. The van der Waals surface area contributed by atoms with E-state index < -0.39 is 11.9 Å². The van der Waals surface area contributed by atoms with Gasteiger partial charge in [-0.1, -0.05) is 12.1 Å². The van der Waals surface area contributed by atoms with E-state index in [1.165, 1.54) is 12.1 Å². The zero-order valence-corrected chi connectivity index (χ0v) is 10.9. The second-order valence-electron chi connectivity index (χ2n) is 4.31. The summed E-state index contributed by atoms with van der Waals surface area (Å²) in [7, 11) is 0. The molecule has 2 aromatic rings. The number of benzene rings is 2. The number of hydrogen-bond donors (Lipinski definition) is 3. The molecule has 0 atom stereocenters. The van der Waals surface area contributed by atoms with Crippen LogP contribution in [0.15, 0.2) is 42.5 Å². The Balaban J connectivity index is 2.48. The Hall–Kier alpha value is -3.15. The Morgan fingerprint density at radius 1 is 1.00 bits per heavy atom. The summed E-state index contributed by atoms with van der Waals surface area (Å²) in [5, 5.41) is 11.5. The molecule has 4 N–H and O–H groups in total. The minimum atomic E-state index is -1.10. The topological polar surface area (TPSA) is 109 Å². The molecular weight excluding hydrogens is 272 g/mol. The van der Waals surface area contributed by atoms with Gasteiger partial charge >= 0.3 is 5.97 Å². The van der Waals surface area contributed by atoms with Crippen molar-refractivity contribution in [2.45, 2.75) is 0 Å². The lowest BCUT2D eigenvalue weighted by molar-refractivity contribution is -0.105. The molecule has 0 bridgehead atoms. The lowest BCUT2D eigenvalue weighted by atomic mass is 10.0. The number of hydrogen-bond acceptors (Lipinski definition) is 3. The zero-order chi connectivity index (χ0) is 15.4. The maximum atomic E-state index is 11.1. The summed E-state index contributed by atoms with van der Waals surface area (Å²) in [6.45, 7) is 0. The van der Waals surface area contributed by atoms with Crippen LogP contribution in [0.25, 0.3) is 11.1 Å². The van der Waals surface area contributed by atoms with Crippen LogP contribution in [0.2, 0.25) is 0 Å². The van der Waals surface area contributed by atoms with Gasteiger partial charge in [-0.2, -0.15) is 0 Å². The van der Waals surface area contributed by atoms with Crippen LogP contribution in [0, 0.1) is 0 Å². The molecule has 0 saturated carbocycles. The number of aromatic carboxylic acids is 1. The molecule has 0 aromatic heterocycles. The van der Waals surface area contributed by atoms with Gasteiger partial charge in [-0.15, -0.1) is 0 Å². The van der Waals surface area contributed by atoms with Crippen molar-refractivity contribution in [1.82, 2.24) is 0 Å². The molecule has 0 unspecified atom stereocenters. The van der Waals surface area contributed by atoms with E-state index in [4.69, 9.17) is 10.8 Å². The molecule has 0 saturated heterocycles. The van der Waals surface area contributed by atoms with Crippen molar-refractivity contribution in [1.29, 1.82) is 0 Å². The number of rotatable bonds is 5. The highest BCUT2D eigenvalue weighted by atomic mass is 16.4. The number of nitrogens with one attached hydrogen (secondary N) is 1. The SMILES string of the molecule is NC(=O)c1ccc(-c2cc(NC=O)cc(C(=O)O)c2)cc1. The fourth-order valence-electron chi connectivity index (χ4n) is 1.90. The molecule has 2 aromatic carbocycles. The number of carbonyl (C=O) groups is 3. The van der Waals surface area contributed by atoms with E-state index in [2.05, 4.69) is 5.32 Å². The van der Waals surface area contributed by atoms with Crippen LogP contribution in [-0.2, 0) is 4.79 Å². The average Bonchev–Trinajstić information content (AvgIpc) is 2.47. The summed E-state index contributed by atoms with van der Waals surface area (Å²) < 4.78 is 0. The average molecular weight is 284 g/mol. The molecule has 0 aliphatic carbocycles. The third-order valence-corrected chi connectivity index (χ3v) is 2.91. The van der Waals surface area contributed by atoms with Crippen LogP contribution >= 0.6 is 0 Å². The molecule has 2 amide bonds. The summed E-state index contributed by atoms with van der Waals surface area (Å²) in [4.78, 5) is 32.6. The van der Waals surface area contributed by atoms with Crippen molar-refractivity contribution < 1.29 is 19.5 Å². The predicted octanol–water partition coefficient (Wildman–Crippen LogP) is 1.72. The van der Waals surface area contributed by atoms with E-state index >= 15 is 0 Å². The molecule has 0 radical (unpaired) electrons. The number of carbonyl (C=O) groups excluding carboxylic acids is 2. The van der Waals surface area contributed by atoms with Gasteiger partial charge in [-0.3, -0.25) is 9.59 Å². The van der Waals surface area contributed by atoms with Gasteiger partial charge in [0, 0.05) is 11.3 Å². The number of amides is 2. The van der Waals surface area contributed by atoms with Crippen molar-refractivity contribution in [3.63, 3.8) is 0 Å². The van der Waals surface area contributed by atoms with Gasteiger partial charge in [0.05, 0.1) is 5.56 Å². The van der Waals surface area contributed by atoms with Crippen LogP contribution in [0.5, 0.6) is 0 Å². The molecule has 2 rings (SSSR count). The summed E-state index contributed by atoms with van der Waals surface area (Å²) in [6.07, 6.45) is 0.473. The first kappa shape index (κ1) is 14.3. The Morgan fingerprint density at radius 3 is 2.19 bits per heavy atom. The van der Waals surface area contributed by atoms with Crippen LogP contribution in [-0.4, -0.2) is 23.4 Å². The standard InChI is InChI=1S/C15H12N2O4/c16-14(19)10-3-1-9(2-4-10)11-5-12(15(20)21)7-13(6-11)17-8-18/h1-8H,(H2,16,19)(H,17,18)(H,20,21). The van der Waals surface area contributed by atoms with Gasteiger partial charge in [0.1, 0.15) is 0 Å². The third kappa shape index (κ3) is 3.24. The summed E-state index contributed by atoms with van der Waals surface area (Å²) >= 11 is 0. The molecule has 0 heterocycles. The first-order chi connectivity index (χ1) is 10.0. The first-order valence-corrected chi connectivity index (χ1v) is 6.00. The minimum absolute atomic E-state index is 0.0517. The van der Waals surface area contributed by atoms with Gasteiger partial charge in [0.25, 0.3) is 0 Å². The number of nitrogens with two attached hydrogens (primary N) is 1. The van der Waals surface area contributed by atoms with E-state index in [0.717, 1.165) is 0 Å². The fraction of sp³-hybridized carbons (Fsp3) is 0. The molecule has 0 spiro atoms. The molecule has 21 heavy (non-hydrogen) atoms. The quantitative estimate of drug-likeness (QED) is 0.726. The maximum absolute atomic E-state index is 11.1. The summed E-state index contributed by atoms with van der Waals surface area (Å²) in [5.74, 6) is -1.64. The van der Waals surface area contributed by atoms with Crippen LogP contribution in [0.4, 0.5) is 5.69 Å². The number of primary amides is 1. The number of carboxylic acid groups (broad SMARTS) is 1. The van der Waals surface area contributed by atoms with Gasteiger partial charge in [-0.05, 0) is 41.5 Å². The van der Waals surface area contributed by atoms with Crippen LogP contribution in [0.1, 0.15) is 20.7 Å². The van der Waals surface area contributed by atoms with Crippen molar-refractivity contribution in [3.05, 3.63) is 53.6 Å². The first-order valence-electron chi connectivity index (χ1n) is 6.00. The highest BCUT2D eigenvalue weighted by Gasteiger charge is 2.09. The Labute approximate surface area is 120 Å². The highest BCUT2D eigenvalue weighted by molar-refractivity contribution is 5.94. The second-order valence-corrected chi connectivity index (χ2v) is 4.31. The molecule has 6 nitrogen and oxygen atoms in total. The van der Waals surface area contributed by atoms with E-state index in [1.54, 1.807) is 30.3 Å². The largest absolute Gasteiger partial charge is 0.478 e. The fourth-order valence-corrected chi connectivity index (χ4v) is 1.90. The maximum Gasteiger partial charge on any atom is 0.335 e. The zero-order valence-electron chi connectivity index (χ0n) is 10.9. The second kappa shape index (κ2) is 5.87. The van der Waals surface area contributed by atoms with Gasteiger partial charge in [0.15, 0.2) is 0 Å². The Kier molecular flexibility index (Phi) is 3.99. The molecule has 0 aliphatic rings. The van der Waals surface area contributed by atoms with E-state index in [-0.39, 0.29) is 5.56 Å².